The van der Waals surface area contributed by atoms with Crippen molar-refractivity contribution < 1.29 is 19.1 Å². The normalized spacial score (nSPS) is 20.8. The van der Waals surface area contributed by atoms with E-state index in [4.69, 9.17) is 9.47 Å². The predicted octanol–water partition coefficient (Wildman–Crippen LogP) is 2.41. The first-order valence-electron chi connectivity index (χ1n) is 10.5. The van der Waals surface area contributed by atoms with E-state index < -0.39 is 5.60 Å². The van der Waals surface area contributed by atoms with Gasteiger partial charge in [-0.15, -0.1) is 0 Å². The third-order valence-electron chi connectivity index (χ3n) is 5.58. The fourth-order valence-electron chi connectivity index (χ4n) is 3.94. The molecule has 0 saturated carbocycles. The molecule has 0 radical (unpaired) electrons. The maximum atomic E-state index is 13.0. The van der Waals surface area contributed by atoms with Crippen LogP contribution >= 0.6 is 0 Å². The standard InChI is InChI=1S/C22H33N3O4/c1-15-12-19-18(13-17(15)20(26)24-16-8-7-9-23-14-16)25(10-5-6-11-28-4)21(27)22(2,3)29-19/h12-13,16,23H,5-11,14H2,1-4H3,(H,24,26)/t16-/m1/s1. The molecule has 7 nitrogen and oxygen atoms in total. The zero-order valence-electron chi connectivity index (χ0n) is 18.0. The molecule has 1 fully saturated rings. The molecule has 1 atom stereocenters. The number of fused-ring (bicyclic) bond motifs is 1. The molecule has 2 N–H and O–H groups in total. The van der Waals surface area contributed by atoms with Crippen molar-refractivity contribution in [3.05, 3.63) is 23.3 Å². The summed E-state index contributed by atoms with van der Waals surface area (Å²) >= 11 is 0. The lowest BCUT2D eigenvalue weighted by Crippen LogP contribution is -2.53. The Bertz CT molecular complexity index is 757. The number of unbranched alkanes of at least 4 members (excludes halogenated alkanes) is 1. The first-order valence-corrected chi connectivity index (χ1v) is 10.5. The van der Waals surface area contributed by atoms with E-state index in [1.54, 1.807) is 31.9 Å². The minimum Gasteiger partial charge on any atom is -0.476 e. The zero-order valence-corrected chi connectivity index (χ0v) is 18.0. The number of nitrogens with zero attached hydrogens (tertiary/aromatic N) is 1. The lowest BCUT2D eigenvalue weighted by molar-refractivity contribution is -0.132. The number of ether oxygens (including phenoxy) is 2. The van der Waals surface area contributed by atoms with Gasteiger partial charge in [-0.1, -0.05) is 0 Å². The molecule has 2 amide bonds. The second-order valence-corrected chi connectivity index (χ2v) is 8.42. The number of hydrogen-bond donors (Lipinski definition) is 2. The number of nitrogens with one attached hydrogen (secondary N) is 2. The molecule has 2 aliphatic rings. The molecular weight excluding hydrogens is 370 g/mol. The van der Waals surface area contributed by atoms with E-state index in [1.807, 2.05) is 13.0 Å². The molecule has 2 heterocycles. The highest BCUT2D eigenvalue weighted by Gasteiger charge is 2.41. The molecule has 7 heteroatoms. The molecule has 0 aliphatic carbocycles. The van der Waals surface area contributed by atoms with Crippen LogP contribution in [-0.4, -0.2) is 56.8 Å². The second kappa shape index (κ2) is 9.13. The molecule has 0 spiro atoms. The topological polar surface area (TPSA) is 79.9 Å². The fourth-order valence-corrected chi connectivity index (χ4v) is 3.94. The number of carbonyl (C=O) groups is 2. The van der Waals surface area contributed by atoms with Crippen molar-refractivity contribution in [2.45, 2.75) is 58.1 Å². The van der Waals surface area contributed by atoms with Crippen molar-refractivity contribution in [3.63, 3.8) is 0 Å². The van der Waals surface area contributed by atoms with E-state index in [0.29, 0.717) is 30.2 Å². The highest BCUT2D eigenvalue weighted by Crippen LogP contribution is 2.40. The van der Waals surface area contributed by atoms with Crippen LogP contribution in [0.1, 0.15) is 55.5 Å². The van der Waals surface area contributed by atoms with Gasteiger partial charge >= 0.3 is 0 Å². The van der Waals surface area contributed by atoms with E-state index in [2.05, 4.69) is 10.6 Å². The summed E-state index contributed by atoms with van der Waals surface area (Å²) in [6, 6.07) is 3.81. The molecule has 1 aromatic rings. The molecular formula is C22H33N3O4. The third-order valence-corrected chi connectivity index (χ3v) is 5.58. The van der Waals surface area contributed by atoms with Gasteiger partial charge in [0.05, 0.1) is 5.69 Å². The van der Waals surface area contributed by atoms with Crippen molar-refractivity contribution in [2.75, 3.05) is 38.3 Å². The van der Waals surface area contributed by atoms with Crippen LogP contribution in [0.3, 0.4) is 0 Å². The van der Waals surface area contributed by atoms with Crippen molar-refractivity contribution in [3.8, 4) is 5.75 Å². The summed E-state index contributed by atoms with van der Waals surface area (Å²) in [7, 11) is 1.67. The van der Waals surface area contributed by atoms with E-state index in [1.165, 1.54) is 0 Å². The summed E-state index contributed by atoms with van der Waals surface area (Å²) in [4.78, 5) is 27.7. The molecule has 0 aromatic heterocycles. The van der Waals surface area contributed by atoms with Crippen molar-refractivity contribution in [1.82, 2.24) is 10.6 Å². The SMILES string of the molecule is COCCCCN1C(=O)C(C)(C)Oc2cc(C)c(C(=O)N[C@@H]3CCCNC3)cc21. The van der Waals surface area contributed by atoms with Crippen LogP contribution in [0.15, 0.2) is 12.1 Å². The van der Waals surface area contributed by atoms with E-state index in [-0.39, 0.29) is 17.9 Å². The molecule has 2 aliphatic heterocycles. The number of amides is 2. The van der Waals surface area contributed by atoms with Crippen LogP contribution in [0.5, 0.6) is 5.75 Å². The van der Waals surface area contributed by atoms with Gasteiger partial charge in [0, 0.05) is 38.4 Å². The van der Waals surface area contributed by atoms with Crippen LogP contribution in [0.2, 0.25) is 0 Å². The van der Waals surface area contributed by atoms with Crippen LogP contribution in [0.4, 0.5) is 5.69 Å². The fraction of sp³-hybridized carbons (Fsp3) is 0.636. The Balaban J connectivity index is 1.85. The Morgan fingerprint density at radius 1 is 1.38 bits per heavy atom. The summed E-state index contributed by atoms with van der Waals surface area (Å²) < 4.78 is 11.1. The average molecular weight is 404 g/mol. The summed E-state index contributed by atoms with van der Waals surface area (Å²) in [6.07, 6.45) is 3.72. The Hall–Kier alpha value is -2.12. The molecule has 0 bridgehead atoms. The summed E-state index contributed by atoms with van der Waals surface area (Å²) in [6.45, 7) is 8.49. The highest BCUT2D eigenvalue weighted by molar-refractivity contribution is 6.04. The van der Waals surface area contributed by atoms with Gasteiger partial charge in [-0.3, -0.25) is 9.59 Å². The van der Waals surface area contributed by atoms with Gasteiger partial charge in [0.2, 0.25) is 0 Å². The quantitative estimate of drug-likeness (QED) is 0.684. The maximum absolute atomic E-state index is 13.0. The Labute approximate surface area is 173 Å². The lowest BCUT2D eigenvalue weighted by atomic mass is 9.99. The number of piperidine rings is 1. The van der Waals surface area contributed by atoms with Crippen LogP contribution in [0.25, 0.3) is 0 Å². The Morgan fingerprint density at radius 2 is 2.17 bits per heavy atom. The van der Waals surface area contributed by atoms with Crippen molar-refractivity contribution in [2.24, 2.45) is 0 Å². The molecule has 1 saturated heterocycles. The van der Waals surface area contributed by atoms with Crippen molar-refractivity contribution >= 4 is 17.5 Å². The highest BCUT2D eigenvalue weighted by atomic mass is 16.5. The maximum Gasteiger partial charge on any atom is 0.270 e. The number of rotatable bonds is 7. The average Bonchev–Trinajstić information content (AvgIpc) is 2.68. The van der Waals surface area contributed by atoms with Crippen LogP contribution in [-0.2, 0) is 9.53 Å². The van der Waals surface area contributed by atoms with E-state index in [9.17, 15) is 9.59 Å². The number of benzene rings is 1. The first kappa shape index (κ1) is 21.6. The van der Waals surface area contributed by atoms with Crippen molar-refractivity contribution in [1.29, 1.82) is 0 Å². The minimum atomic E-state index is -0.932. The Kier molecular flexibility index (Phi) is 6.80. The summed E-state index contributed by atoms with van der Waals surface area (Å²) in [5, 5.41) is 6.44. The molecule has 0 unspecified atom stereocenters. The number of methoxy groups -OCH3 is 1. The molecule has 160 valence electrons. The molecule has 3 rings (SSSR count). The van der Waals surface area contributed by atoms with Crippen LogP contribution < -0.4 is 20.3 Å². The summed E-state index contributed by atoms with van der Waals surface area (Å²) in [5.74, 6) is 0.458. The minimum absolute atomic E-state index is 0.0888. The predicted molar refractivity (Wildman–Crippen MR) is 113 cm³/mol. The van der Waals surface area contributed by atoms with Gasteiger partial charge in [0.1, 0.15) is 5.75 Å². The number of anilines is 1. The van der Waals surface area contributed by atoms with Crippen LogP contribution in [0, 0.1) is 6.92 Å². The largest absolute Gasteiger partial charge is 0.476 e. The van der Waals surface area contributed by atoms with Gasteiger partial charge < -0.3 is 25.0 Å². The summed E-state index contributed by atoms with van der Waals surface area (Å²) in [5.41, 5.74) is 1.17. The number of carbonyl (C=O) groups excluding carboxylic acids is 2. The number of hydrogen-bond acceptors (Lipinski definition) is 5. The Morgan fingerprint density at radius 3 is 2.86 bits per heavy atom. The third kappa shape index (κ3) is 4.90. The van der Waals surface area contributed by atoms with E-state index in [0.717, 1.165) is 44.3 Å². The smallest absolute Gasteiger partial charge is 0.270 e. The van der Waals surface area contributed by atoms with E-state index >= 15 is 0 Å². The number of aryl methyl sites for hydroxylation is 1. The first-order chi connectivity index (χ1) is 13.8. The van der Waals surface area contributed by atoms with Gasteiger partial charge in [0.15, 0.2) is 5.60 Å². The second-order valence-electron chi connectivity index (χ2n) is 8.42. The van der Waals surface area contributed by atoms with Gasteiger partial charge in [-0.05, 0) is 70.7 Å². The van der Waals surface area contributed by atoms with Gasteiger partial charge in [-0.25, -0.2) is 0 Å². The lowest BCUT2D eigenvalue weighted by Gasteiger charge is -2.39. The monoisotopic (exact) mass is 403 g/mol. The zero-order chi connectivity index (χ0) is 21.0. The van der Waals surface area contributed by atoms with Gasteiger partial charge in [-0.2, -0.15) is 0 Å². The molecule has 1 aromatic carbocycles. The molecule has 29 heavy (non-hydrogen) atoms. The van der Waals surface area contributed by atoms with Gasteiger partial charge in [0.25, 0.3) is 11.8 Å².